The molecule has 164 valence electrons. The first-order valence-corrected chi connectivity index (χ1v) is 18.9. The summed E-state index contributed by atoms with van der Waals surface area (Å²) in [6, 6.07) is 22.2. The molecule has 2 aromatic carbocycles. The van der Waals surface area contributed by atoms with Crippen molar-refractivity contribution in [2.75, 3.05) is 0 Å². The van der Waals surface area contributed by atoms with E-state index < -0.39 is 29.0 Å². The van der Waals surface area contributed by atoms with E-state index in [1.54, 1.807) is 0 Å². The Labute approximate surface area is 195 Å². The van der Waals surface area contributed by atoms with E-state index in [0.717, 1.165) is 15.9 Å². The molecule has 0 unspecified atom stereocenters. The number of hydrogen-bond donors (Lipinski definition) is 0. The molecule has 2 radical (unpaired) electrons. The molecular formula is C27H42Ge2O. The molecule has 0 atom stereocenters. The van der Waals surface area contributed by atoms with Gasteiger partial charge in [-0.25, -0.2) is 0 Å². The maximum absolute atomic E-state index is 7.44. The van der Waals surface area contributed by atoms with Gasteiger partial charge in [0.25, 0.3) is 0 Å². The zero-order valence-electron chi connectivity index (χ0n) is 20.4. The standard InChI is InChI=1S/C27H42Ge2O/c1-21(2)28(22(3)4)20-19-27(25-15-11-9-12-16-25,26-17-13-10-14-18-26)30-29(23(5)6)24(7)8/h9-18,21-24H,19-20H2,1-8H3. The van der Waals surface area contributed by atoms with Gasteiger partial charge in [0.1, 0.15) is 0 Å². The third kappa shape index (κ3) is 6.49. The summed E-state index contributed by atoms with van der Waals surface area (Å²) in [6.45, 7) is 19.3. The monoisotopic (exact) mass is 530 g/mol. The van der Waals surface area contributed by atoms with Crippen molar-refractivity contribution in [2.24, 2.45) is 0 Å². The Balaban J connectivity index is 2.60. The molecule has 0 bridgehead atoms. The van der Waals surface area contributed by atoms with Crippen molar-refractivity contribution < 1.29 is 3.76 Å². The van der Waals surface area contributed by atoms with E-state index in [4.69, 9.17) is 3.76 Å². The van der Waals surface area contributed by atoms with Crippen LogP contribution in [-0.4, -0.2) is 29.0 Å². The molecule has 1 nitrogen and oxygen atoms in total. The topological polar surface area (TPSA) is 9.23 Å². The molecule has 0 spiro atoms. The molecule has 30 heavy (non-hydrogen) atoms. The molecule has 0 aliphatic heterocycles. The molecular weight excluding hydrogens is 486 g/mol. The Morgan fingerprint density at radius 1 is 0.633 bits per heavy atom. The van der Waals surface area contributed by atoms with Gasteiger partial charge in [-0.15, -0.1) is 0 Å². The zero-order chi connectivity index (χ0) is 22.3. The van der Waals surface area contributed by atoms with Crippen molar-refractivity contribution >= 4 is 29.0 Å². The minimum absolute atomic E-state index is 0.311. The first-order chi connectivity index (χ1) is 14.2. The van der Waals surface area contributed by atoms with E-state index in [0.29, 0.717) is 9.50 Å². The number of hydrogen-bond acceptors (Lipinski definition) is 1. The van der Waals surface area contributed by atoms with Gasteiger partial charge in [0.15, 0.2) is 0 Å². The van der Waals surface area contributed by atoms with Gasteiger partial charge in [-0.2, -0.15) is 0 Å². The van der Waals surface area contributed by atoms with Crippen LogP contribution in [-0.2, 0) is 9.36 Å². The Bertz CT molecular complexity index is 670. The van der Waals surface area contributed by atoms with Crippen molar-refractivity contribution in [1.82, 2.24) is 0 Å². The predicted octanol–water partition coefficient (Wildman–Crippen LogP) is 8.46. The van der Waals surface area contributed by atoms with E-state index in [2.05, 4.69) is 116 Å². The van der Waals surface area contributed by atoms with E-state index in [9.17, 15) is 0 Å². The molecule has 0 aromatic heterocycles. The molecule has 0 N–H and O–H groups in total. The Morgan fingerprint density at radius 3 is 1.37 bits per heavy atom. The van der Waals surface area contributed by atoms with Crippen LogP contribution in [0.4, 0.5) is 0 Å². The summed E-state index contributed by atoms with van der Waals surface area (Å²) in [5.41, 5.74) is 2.37. The van der Waals surface area contributed by atoms with Gasteiger partial charge in [0.2, 0.25) is 0 Å². The summed E-state index contributed by atoms with van der Waals surface area (Å²) in [5, 5.41) is 1.35. The second kappa shape index (κ2) is 11.9. The van der Waals surface area contributed by atoms with E-state index in [-0.39, 0.29) is 5.60 Å². The fraction of sp³-hybridized carbons (Fsp3) is 0.556. The summed E-state index contributed by atoms with van der Waals surface area (Å²) in [5.74, 6) is 0. The van der Waals surface area contributed by atoms with Gasteiger partial charge in [-0.3, -0.25) is 0 Å². The molecule has 0 aliphatic rings. The quantitative estimate of drug-likeness (QED) is 0.266. The van der Waals surface area contributed by atoms with Crippen LogP contribution in [0.2, 0.25) is 24.3 Å². The van der Waals surface area contributed by atoms with Crippen LogP contribution in [0.15, 0.2) is 60.7 Å². The van der Waals surface area contributed by atoms with Crippen molar-refractivity contribution in [3.63, 3.8) is 0 Å². The van der Waals surface area contributed by atoms with Crippen molar-refractivity contribution in [3.8, 4) is 0 Å². The van der Waals surface area contributed by atoms with Crippen LogP contribution in [0.3, 0.4) is 0 Å². The van der Waals surface area contributed by atoms with Gasteiger partial charge in [0, 0.05) is 0 Å². The normalized spacial score (nSPS) is 12.9. The molecule has 0 saturated carbocycles. The van der Waals surface area contributed by atoms with Crippen molar-refractivity contribution in [1.29, 1.82) is 0 Å². The van der Waals surface area contributed by atoms with Crippen LogP contribution < -0.4 is 0 Å². The number of rotatable bonds is 11. The average molecular weight is 528 g/mol. The van der Waals surface area contributed by atoms with Gasteiger partial charge < -0.3 is 0 Å². The third-order valence-electron chi connectivity index (χ3n) is 6.16. The fourth-order valence-electron chi connectivity index (χ4n) is 4.71. The van der Waals surface area contributed by atoms with Gasteiger partial charge in [0.05, 0.1) is 0 Å². The second-order valence-corrected chi connectivity index (χ2v) is 25.0. The summed E-state index contributed by atoms with van der Waals surface area (Å²) in [6.07, 6.45) is 1.11. The Kier molecular flexibility index (Phi) is 10.2. The van der Waals surface area contributed by atoms with Crippen LogP contribution in [0.5, 0.6) is 0 Å². The van der Waals surface area contributed by atoms with E-state index in [1.807, 2.05) is 0 Å². The zero-order valence-corrected chi connectivity index (χ0v) is 24.6. The summed E-state index contributed by atoms with van der Waals surface area (Å²) in [4.78, 5) is 0. The van der Waals surface area contributed by atoms with Gasteiger partial charge in [-0.05, 0) is 0 Å². The SMILES string of the molecule is C[CH](C)[Ge]([CH2]CC([O][Ge]([CH](C)C)[CH](C)C)(c1ccccc1)c1ccccc1)[CH](C)C. The van der Waals surface area contributed by atoms with Crippen molar-refractivity contribution in [3.05, 3.63) is 71.8 Å². The summed E-state index contributed by atoms with van der Waals surface area (Å²) < 4.78 is 10.4. The molecule has 2 aromatic rings. The third-order valence-corrected chi connectivity index (χ3v) is 20.1. The molecule has 2 rings (SSSR count). The average Bonchev–Trinajstić information content (AvgIpc) is 2.71. The predicted molar refractivity (Wildman–Crippen MR) is 136 cm³/mol. The first kappa shape index (κ1) is 25.7. The van der Waals surface area contributed by atoms with Crippen molar-refractivity contribution in [2.45, 2.75) is 91.7 Å². The molecule has 0 heterocycles. The Hall–Kier alpha value is -0.514. The van der Waals surface area contributed by atoms with E-state index >= 15 is 0 Å². The Morgan fingerprint density at radius 2 is 1.03 bits per heavy atom. The molecule has 0 saturated heterocycles. The second-order valence-electron chi connectivity index (χ2n) is 9.76. The summed E-state index contributed by atoms with van der Waals surface area (Å²) in [7, 11) is 0. The molecule has 0 amide bonds. The number of benzene rings is 2. The first-order valence-electron chi connectivity index (χ1n) is 11.7. The molecule has 3 heteroatoms. The van der Waals surface area contributed by atoms with Crippen LogP contribution >= 0.6 is 0 Å². The molecule has 0 aliphatic carbocycles. The van der Waals surface area contributed by atoms with Gasteiger partial charge >= 0.3 is 196 Å². The maximum atomic E-state index is 7.44. The van der Waals surface area contributed by atoms with E-state index in [1.165, 1.54) is 16.4 Å². The fourth-order valence-corrected chi connectivity index (χ4v) is 16.6. The van der Waals surface area contributed by atoms with Crippen LogP contribution in [0, 0.1) is 0 Å². The van der Waals surface area contributed by atoms with Gasteiger partial charge in [-0.1, -0.05) is 0 Å². The molecule has 0 fully saturated rings. The van der Waals surface area contributed by atoms with Crippen LogP contribution in [0.25, 0.3) is 0 Å². The minimum atomic E-state index is -1.77. The summed E-state index contributed by atoms with van der Waals surface area (Å²) >= 11 is -2.97. The van der Waals surface area contributed by atoms with Crippen LogP contribution in [0.1, 0.15) is 72.9 Å².